The van der Waals surface area contributed by atoms with Crippen molar-refractivity contribution in [3.05, 3.63) is 83.1 Å². The van der Waals surface area contributed by atoms with Gasteiger partial charge in [0, 0.05) is 29.0 Å². The third kappa shape index (κ3) is 3.37. The van der Waals surface area contributed by atoms with Gasteiger partial charge in [0.25, 0.3) is 0 Å². The molecule has 2 heterocycles. The van der Waals surface area contributed by atoms with Gasteiger partial charge in [-0.2, -0.15) is 0 Å². The van der Waals surface area contributed by atoms with E-state index in [2.05, 4.69) is 9.97 Å². The third-order valence-electron chi connectivity index (χ3n) is 4.06. The number of carbonyl (C=O) groups excluding carboxylic acids is 1. The van der Waals surface area contributed by atoms with Gasteiger partial charge in [0.1, 0.15) is 23.6 Å². The molecule has 0 saturated heterocycles. The van der Waals surface area contributed by atoms with E-state index in [-0.39, 0.29) is 11.6 Å². The summed E-state index contributed by atoms with van der Waals surface area (Å²) in [5, 5.41) is 2.15. The Balaban J connectivity index is 1.70. The minimum Gasteiger partial charge on any atom is -0.496 e. The minimum absolute atomic E-state index is 0.216. The highest BCUT2D eigenvalue weighted by Crippen LogP contribution is 2.31. The fraction of sp³-hybridized carbons (Fsp3) is 0.0500. The van der Waals surface area contributed by atoms with Gasteiger partial charge in [-0.1, -0.05) is 12.1 Å². The molecule has 2 aromatic heterocycles. The predicted molar refractivity (Wildman–Crippen MR) is 101 cm³/mol. The number of ether oxygens (including phenoxy) is 1. The monoisotopic (exact) mass is 379 g/mol. The van der Waals surface area contributed by atoms with E-state index in [1.807, 2.05) is 24.3 Å². The summed E-state index contributed by atoms with van der Waals surface area (Å²) in [4.78, 5) is 20.6. The Kier molecular flexibility index (Phi) is 4.52. The van der Waals surface area contributed by atoms with Gasteiger partial charge in [0.2, 0.25) is 5.78 Å². The van der Waals surface area contributed by atoms with Crippen LogP contribution in [0.5, 0.6) is 5.75 Å². The lowest BCUT2D eigenvalue weighted by atomic mass is 10.0. The quantitative estimate of drug-likeness (QED) is 0.483. The molecule has 0 aliphatic rings. The fourth-order valence-electron chi connectivity index (χ4n) is 2.77. The highest BCUT2D eigenvalue weighted by Gasteiger charge is 2.15. The Morgan fingerprint density at radius 3 is 2.85 bits per heavy atom. The topological polar surface area (TPSA) is 57.0 Å². The summed E-state index contributed by atoms with van der Waals surface area (Å²) in [6, 6.07) is 11.9. The third-order valence-corrected chi connectivity index (χ3v) is 4.83. The first-order valence-corrected chi connectivity index (χ1v) is 8.96. The largest absolute Gasteiger partial charge is 0.496 e. The lowest BCUT2D eigenvalue weighted by Gasteiger charge is -2.10. The van der Waals surface area contributed by atoms with Crippen LogP contribution in [0.3, 0.4) is 0 Å². The Morgan fingerprint density at radius 2 is 2.07 bits per heavy atom. The van der Waals surface area contributed by atoms with Crippen molar-refractivity contribution in [2.24, 2.45) is 0 Å². The van der Waals surface area contributed by atoms with Crippen molar-refractivity contribution in [2.75, 3.05) is 7.11 Å². The van der Waals surface area contributed by atoms with E-state index < -0.39 is 0 Å². The van der Waals surface area contributed by atoms with E-state index in [9.17, 15) is 9.18 Å². The molecule has 0 amide bonds. The van der Waals surface area contributed by atoms with Crippen LogP contribution in [0.1, 0.15) is 15.5 Å². The maximum Gasteiger partial charge on any atom is 0.241 e. The highest BCUT2D eigenvalue weighted by atomic mass is 32.1. The van der Waals surface area contributed by atoms with Crippen molar-refractivity contribution < 1.29 is 13.9 Å². The van der Waals surface area contributed by atoms with Crippen LogP contribution in [0.2, 0.25) is 0 Å². The molecule has 27 heavy (non-hydrogen) atoms. The highest BCUT2D eigenvalue weighted by molar-refractivity contribution is 7.11. The first kappa shape index (κ1) is 17.1. The zero-order valence-corrected chi connectivity index (χ0v) is 15.1. The fourth-order valence-corrected chi connectivity index (χ4v) is 3.35. The summed E-state index contributed by atoms with van der Waals surface area (Å²) in [6.45, 7) is 0. The molecule has 0 spiro atoms. The van der Waals surface area contributed by atoms with Crippen molar-refractivity contribution in [3.63, 3.8) is 0 Å². The molecule has 0 aliphatic carbocycles. The van der Waals surface area contributed by atoms with Crippen molar-refractivity contribution >= 4 is 17.1 Å². The maximum atomic E-state index is 13.7. The molecule has 2 aromatic carbocycles. The molecule has 0 fully saturated rings. The summed E-state index contributed by atoms with van der Waals surface area (Å²) in [5.74, 6) is 0.0284. The van der Waals surface area contributed by atoms with Crippen molar-refractivity contribution in [3.8, 4) is 22.6 Å². The van der Waals surface area contributed by atoms with Crippen molar-refractivity contribution in [2.45, 2.75) is 0 Å². The molecule has 5 nitrogen and oxygen atoms in total. The minimum atomic E-state index is -0.338. The smallest absolute Gasteiger partial charge is 0.241 e. The van der Waals surface area contributed by atoms with E-state index in [1.54, 1.807) is 41.8 Å². The zero-order valence-electron chi connectivity index (χ0n) is 14.3. The molecule has 134 valence electrons. The van der Waals surface area contributed by atoms with Gasteiger partial charge < -0.3 is 9.30 Å². The summed E-state index contributed by atoms with van der Waals surface area (Å²) in [7, 11) is 1.55. The number of imidazole rings is 1. The molecule has 4 rings (SSSR count). The second kappa shape index (κ2) is 7.13. The summed E-state index contributed by atoms with van der Waals surface area (Å²) in [5.41, 5.74) is 2.56. The molecule has 7 heteroatoms. The van der Waals surface area contributed by atoms with Crippen molar-refractivity contribution in [1.82, 2.24) is 14.5 Å². The van der Waals surface area contributed by atoms with Crippen LogP contribution in [-0.2, 0) is 0 Å². The summed E-state index contributed by atoms with van der Waals surface area (Å²) < 4.78 is 20.8. The number of methoxy groups -OCH3 is 1. The first-order valence-electron chi connectivity index (χ1n) is 8.08. The lowest BCUT2D eigenvalue weighted by molar-refractivity contribution is 0.103. The zero-order chi connectivity index (χ0) is 18.8. The average Bonchev–Trinajstić information content (AvgIpc) is 3.40. The number of carbonyl (C=O) groups is 1. The molecule has 0 radical (unpaired) electrons. The van der Waals surface area contributed by atoms with Gasteiger partial charge in [-0.3, -0.25) is 4.79 Å². The Hall–Kier alpha value is -3.32. The van der Waals surface area contributed by atoms with E-state index in [0.717, 1.165) is 11.3 Å². The molecule has 4 aromatic rings. The SMILES string of the molecule is COc1ccc(F)cc1-c1cccc(-n2cnc(C(=O)c3nccs3)c2)c1. The number of aromatic nitrogens is 3. The normalized spacial score (nSPS) is 10.7. The number of ketones is 1. The molecule has 0 aliphatic heterocycles. The van der Waals surface area contributed by atoms with Gasteiger partial charge in [-0.15, -0.1) is 11.3 Å². The number of benzene rings is 2. The van der Waals surface area contributed by atoms with Crippen LogP contribution in [0.4, 0.5) is 4.39 Å². The average molecular weight is 379 g/mol. The summed E-state index contributed by atoms with van der Waals surface area (Å²) in [6.07, 6.45) is 4.82. The van der Waals surface area contributed by atoms with Crippen LogP contribution in [0.15, 0.2) is 66.6 Å². The van der Waals surface area contributed by atoms with Crippen LogP contribution in [0, 0.1) is 5.82 Å². The molecular weight excluding hydrogens is 365 g/mol. The maximum absolute atomic E-state index is 13.7. The van der Waals surface area contributed by atoms with E-state index >= 15 is 0 Å². The Labute approximate surface area is 158 Å². The van der Waals surface area contributed by atoms with Crippen LogP contribution in [0.25, 0.3) is 16.8 Å². The number of rotatable bonds is 5. The predicted octanol–water partition coefficient (Wildman–Crippen LogP) is 4.37. The van der Waals surface area contributed by atoms with Gasteiger partial charge in [0.15, 0.2) is 5.01 Å². The molecule has 0 bridgehead atoms. The molecule has 0 saturated carbocycles. The molecular formula is C20H14FN3O2S. The van der Waals surface area contributed by atoms with Gasteiger partial charge in [0.05, 0.1) is 7.11 Å². The lowest BCUT2D eigenvalue weighted by Crippen LogP contribution is -2.00. The van der Waals surface area contributed by atoms with Crippen LogP contribution in [-0.4, -0.2) is 27.4 Å². The van der Waals surface area contributed by atoms with Crippen LogP contribution >= 0.6 is 11.3 Å². The van der Waals surface area contributed by atoms with Gasteiger partial charge in [-0.25, -0.2) is 14.4 Å². The Bertz CT molecular complexity index is 1110. The van der Waals surface area contributed by atoms with E-state index in [1.165, 1.54) is 23.5 Å². The molecule has 0 unspecified atom stereocenters. The first-order chi connectivity index (χ1) is 13.2. The second-order valence-electron chi connectivity index (χ2n) is 5.73. The van der Waals surface area contributed by atoms with Crippen LogP contribution < -0.4 is 4.74 Å². The van der Waals surface area contributed by atoms with E-state index in [4.69, 9.17) is 4.74 Å². The number of halogens is 1. The summed E-state index contributed by atoms with van der Waals surface area (Å²) >= 11 is 1.28. The van der Waals surface area contributed by atoms with Gasteiger partial charge >= 0.3 is 0 Å². The standard InChI is InChI=1S/C20H14FN3O2S/c1-26-18-6-5-14(21)10-16(18)13-3-2-4-15(9-13)24-11-17(23-12-24)19(25)20-22-7-8-27-20/h2-12H,1H3. The van der Waals surface area contributed by atoms with E-state index in [0.29, 0.717) is 22.0 Å². The number of hydrogen-bond donors (Lipinski definition) is 0. The Morgan fingerprint density at radius 1 is 1.19 bits per heavy atom. The molecule has 0 atom stereocenters. The number of hydrogen-bond acceptors (Lipinski definition) is 5. The number of nitrogens with zero attached hydrogens (tertiary/aromatic N) is 3. The van der Waals surface area contributed by atoms with Gasteiger partial charge in [-0.05, 0) is 35.9 Å². The second-order valence-corrected chi connectivity index (χ2v) is 6.62. The van der Waals surface area contributed by atoms with Crippen molar-refractivity contribution in [1.29, 1.82) is 0 Å². The molecule has 0 N–H and O–H groups in total. The number of thiazole rings is 1.